The smallest absolute Gasteiger partial charge is 0.225 e. The van der Waals surface area contributed by atoms with Crippen molar-refractivity contribution in [2.75, 3.05) is 18.4 Å². The highest BCUT2D eigenvalue weighted by molar-refractivity contribution is 5.89. The number of anilines is 1. The zero-order chi connectivity index (χ0) is 16.4. The number of carbonyl (C=O) groups excluding carboxylic acids is 1. The maximum Gasteiger partial charge on any atom is 0.225 e. The highest BCUT2D eigenvalue weighted by atomic mass is 16.2. The van der Waals surface area contributed by atoms with Crippen molar-refractivity contribution in [3.05, 3.63) is 30.1 Å². The van der Waals surface area contributed by atoms with Gasteiger partial charge < -0.3 is 10.2 Å². The number of hydrogen-bond acceptors (Lipinski definition) is 4. The molecule has 0 bridgehead atoms. The highest BCUT2D eigenvalue weighted by Crippen LogP contribution is 2.23. The summed E-state index contributed by atoms with van der Waals surface area (Å²) in [6.45, 7) is 7.43. The number of nitrogens with one attached hydrogen (secondary N) is 1. The predicted octanol–water partition coefficient (Wildman–Crippen LogP) is 3.00. The third-order valence-electron chi connectivity index (χ3n) is 4.28. The molecule has 1 aliphatic rings. The molecular weight excluding hydrogens is 288 g/mol. The fourth-order valence-electron chi connectivity index (χ4n) is 3.16. The molecule has 1 aromatic heterocycles. The summed E-state index contributed by atoms with van der Waals surface area (Å²) in [6, 6.07) is 8.27. The summed E-state index contributed by atoms with van der Waals surface area (Å²) in [5.74, 6) is 1.92. The highest BCUT2D eigenvalue weighted by Gasteiger charge is 2.25. The van der Waals surface area contributed by atoms with E-state index in [4.69, 9.17) is 0 Å². The van der Waals surface area contributed by atoms with E-state index in [0.717, 1.165) is 48.5 Å². The molecule has 23 heavy (non-hydrogen) atoms. The largest absolute Gasteiger partial charge is 0.365 e. The van der Waals surface area contributed by atoms with Crippen LogP contribution in [0.25, 0.3) is 10.9 Å². The molecule has 5 heteroatoms. The summed E-state index contributed by atoms with van der Waals surface area (Å²) in [5, 5.41) is 4.58. The van der Waals surface area contributed by atoms with Gasteiger partial charge in [-0.3, -0.25) is 4.79 Å². The lowest BCUT2D eigenvalue weighted by Crippen LogP contribution is -2.46. The molecular formula is C18H24N4O. The summed E-state index contributed by atoms with van der Waals surface area (Å²) >= 11 is 0. The van der Waals surface area contributed by atoms with Gasteiger partial charge in [-0.15, -0.1) is 0 Å². The van der Waals surface area contributed by atoms with Crippen LogP contribution < -0.4 is 5.32 Å². The van der Waals surface area contributed by atoms with Crippen molar-refractivity contribution in [2.45, 2.75) is 39.7 Å². The fourth-order valence-corrected chi connectivity index (χ4v) is 3.16. The lowest BCUT2D eigenvalue weighted by atomic mass is 10.0. The van der Waals surface area contributed by atoms with Crippen LogP contribution in [0.1, 0.15) is 32.5 Å². The Morgan fingerprint density at radius 2 is 2.09 bits per heavy atom. The van der Waals surface area contributed by atoms with Gasteiger partial charge in [-0.25, -0.2) is 9.97 Å². The van der Waals surface area contributed by atoms with Gasteiger partial charge in [-0.1, -0.05) is 26.0 Å². The second-order valence-corrected chi connectivity index (χ2v) is 6.56. The van der Waals surface area contributed by atoms with E-state index in [1.165, 1.54) is 0 Å². The van der Waals surface area contributed by atoms with E-state index in [2.05, 4.69) is 15.3 Å². The van der Waals surface area contributed by atoms with Crippen molar-refractivity contribution >= 4 is 22.6 Å². The minimum Gasteiger partial charge on any atom is -0.365 e. The number of carbonyl (C=O) groups is 1. The van der Waals surface area contributed by atoms with Gasteiger partial charge in [0.05, 0.1) is 5.52 Å². The standard InChI is InChI=1S/C18H24N4O/c1-12(2)18(23)22-10-6-7-14(11-22)21-17-15-8-4-5-9-16(15)19-13(3)20-17/h4-5,8-9,12,14H,6-7,10-11H2,1-3H3,(H,19,20,21). The van der Waals surface area contributed by atoms with Crippen LogP contribution in [0, 0.1) is 12.8 Å². The molecule has 1 amide bonds. The number of nitrogens with zero attached hydrogens (tertiary/aromatic N) is 3. The summed E-state index contributed by atoms with van der Waals surface area (Å²) in [7, 11) is 0. The average Bonchev–Trinajstić information content (AvgIpc) is 2.54. The third-order valence-corrected chi connectivity index (χ3v) is 4.28. The maximum atomic E-state index is 12.2. The Hall–Kier alpha value is -2.17. The van der Waals surface area contributed by atoms with Gasteiger partial charge in [-0.2, -0.15) is 0 Å². The molecule has 1 fully saturated rings. The Balaban J connectivity index is 1.80. The first-order valence-electron chi connectivity index (χ1n) is 8.33. The molecule has 1 unspecified atom stereocenters. The Morgan fingerprint density at radius 1 is 1.30 bits per heavy atom. The van der Waals surface area contributed by atoms with E-state index in [1.807, 2.05) is 49.9 Å². The van der Waals surface area contributed by atoms with Crippen molar-refractivity contribution in [1.29, 1.82) is 0 Å². The van der Waals surface area contributed by atoms with Crippen LogP contribution in [0.5, 0.6) is 0 Å². The monoisotopic (exact) mass is 312 g/mol. The SMILES string of the molecule is Cc1nc(NC2CCCN(C(=O)C(C)C)C2)c2ccccc2n1. The normalized spacial score (nSPS) is 18.4. The maximum absolute atomic E-state index is 12.2. The molecule has 5 nitrogen and oxygen atoms in total. The Morgan fingerprint density at radius 3 is 2.87 bits per heavy atom. The second-order valence-electron chi connectivity index (χ2n) is 6.56. The quantitative estimate of drug-likeness (QED) is 0.946. The Kier molecular flexibility index (Phi) is 4.46. The van der Waals surface area contributed by atoms with Gasteiger partial charge in [0.25, 0.3) is 0 Å². The number of rotatable bonds is 3. The van der Waals surface area contributed by atoms with Crippen molar-refractivity contribution in [1.82, 2.24) is 14.9 Å². The first-order valence-corrected chi connectivity index (χ1v) is 8.33. The van der Waals surface area contributed by atoms with Crippen molar-refractivity contribution in [3.8, 4) is 0 Å². The van der Waals surface area contributed by atoms with Gasteiger partial charge in [0.15, 0.2) is 0 Å². The first kappa shape index (κ1) is 15.7. The van der Waals surface area contributed by atoms with Gasteiger partial charge in [0, 0.05) is 30.4 Å². The minimum atomic E-state index is 0.0517. The molecule has 1 aliphatic heterocycles. The number of likely N-dealkylation sites (tertiary alicyclic amines) is 1. The van der Waals surface area contributed by atoms with Gasteiger partial charge in [-0.05, 0) is 31.9 Å². The number of amides is 1. The lowest BCUT2D eigenvalue weighted by Gasteiger charge is -2.34. The van der Waals surface area contributed by atoms with E-state index < -0.39 is 0 Å². The molecule has 0 spiro atoms. The number of aryl methyl sites for hydroxylation is 1. The van der Waals surface area contributed by atoms with Crippen LogP contribution in [0.4, 0.5) is 5.82 Å². The summed E-state index contributed by atoms with van der Waals surface area (Å²) in [5.41, 5.74) is 0.952. The molecule has 2 aromatic rings. The van der Waals surface area contributed by atoms with E-state index >= 15 is 0 Å². The van der Waals surface area contributed by atoms with Crippen LogP contribution in [0.3, 0.4) is 0 Å². The molecule has 0 aliphatic carbocycles. The van der Waals surface area contributed by atoms with Gasteiger partial charge in [0.1, 0.15) is 11.6 Å². The predicted molar refractivity (Wildman–Crippen MR) is 92.3 cm³/mol. The summed E-state index contributed by atoms with van der Waals surface area (Å²) < 4.78 is 0. The number of fused-ring (bicyclic) bond motifs is 1. The van der Waals surface area contributed by atoms with E-state index in [0.29, 0.717) is 0 Å². The molecule has 1 N–H and O–H groups in total. The van der Waals surface area contributed by atoms with Crippen LogP contribution >= 0.6 is 0 Å². The van der Waals surface area contributed by atoms with Crippen LogP contribution in [0.2, 0.25) is 0 Å². The molecule has 0 radical (unpaired) electrons. The third kappa shape index (κ3) is 3.44. The van der Waals surface area contributed by atoms with Crippen molar-refractivity contribution in [3.63, 3.8) is 0 Å². The second kappa shape index (κ2) is 6.52. The lowest BCUT2D eigenvalue weighted by molar-refractivity contribution is -0.135. The topological polar surface area (TPSA) is 58.1 Å². The van der Waals surface area contributed by atoms with Crippen molar-refractivity contribution in [2.24, 2.45) is 5.92 Å². The molecule has 0 saturated carbocycles. The molecule has 122 valence electrons. The Labute approximate surface area is 137 Å². The van der Waals surface area contributed by atoms with Crippen LogP contribution in [0.15, 0.2) is 24.3 Å². The molecule has 1 saturated heterocycles. The molecule has 1 aromatic carbocycles. The van der Waals surface area contributed by atoms with Crippen LogP contribution in [-0.2, 0) is 4.79 Å². The fraction of sp³-hybridized carbons (Fsp3) is 0.500. The average molecular weight is 312 g/mol. The number of hydrogen-bond donors (Lipinski definition) is 1. The molecule has 2 heterocycles. The zero-order valence-electron chi connectivity index (χ0n) is 14.0. The van der Waals surface area contributed by atoms with Crippen molar-refractivity contribution < 1.29 is 4.79 Å². The first-order chi connectivity index (χ1) is 11.0. The van der Waals surface area contributed by atoms with Gasteiger partial charge in [0.2, 0.25) is 5.91 Å². The molecule has 1 atom stereocenters. The number of para-hydroxylation sites is 1. The summed E-state index contributed by atoms with van der Waals surface area (Å²) in [4.78, 5) is 23.3. The number of aromatic nitrogens is 2. The Bertz CT molecular complexity index is 713. The number of benzene rings is 1. The minimum absolute atomic E-state index is 0.0517. The zero-order valence-corrected chi connectivity index (χ0v) is 14.0. The van der Waals surface area contributed by atoms with E-state index in [9.17, 15) is 4.79 Å². The molecule has 3 rings (SSSR count). The van der Waals surface area contributed by atoms with E-state index in [-0.39, 0.29) is 17.9 Å². The van der Waals surface area contributed by atoms with Gasteiger partial charge >= 0.3 is 0 Å². The van der Waals surface area contributed by atoms with Crippen LogP contribution in [-0.4, -0.2) is 39.9 Å². The number of piperidine rings is 1. The summed E-state index contributed by atoms with van der Waals surface area (Å²) in [6.07, 6.45) is 2.08. The van der Waals surface area contributed by atoms with E-state index in [1.54, 1.807) is 0 Å².